The molecule has 2 heterocycles. The number of nitrogens with zero attached hydrogens (tertiary/aromatic N) is 2. The maximum atomic E-state index is 10.4. The smallest absolute Gasteiger partial charge is 0.141 e. The molecule has 4 aromatic carbocycles. The number of aromatic nitrogens is 2. The first-order valence-electron chi connectivity index (χ1n) is 13.5. The summed E-state index contributed by atoms with van der Waals surface area (Å²) in [5, 5.41) is 25.1. The topological polar surface area (TPSA) is 66.2 Å². The zero-order chi connectivity index (χ0) is 26.6. The van der Waals surface area contributed by atoms with E-state index in [4.69, 9.17) is 9.97 Å². The van der Waals surface area contributed by atoms with Gasteiger partial charge < -0.3 is 10.2 Å². The van der Waals surface area contributed by atoms with E-state index in [1.54, 1.807) is 12.1 Å². The van der Waals surface area contributed by atoms with Gasteiger partial charge in [-0.15, -0.1) is 23.5 Å². The molecule has 4 nitrogen and oxygen atoms in total. The van der Waals surface area contributed by atoms with Crippen LogP contribution in [0.3, 0.4) is 0 Å². The van der Waals surface area contributed by atoms with Gasteiger partial charge in [-0.1, -0.05) is 79.9 Å². The molecule has 2 aromatic heterocycles. The Bertz CT molecular complexity index is 1660. The summed E-state index contributed by atoms with van der Waals surface area (Å²) in [7, 11) is 0. The summed E-state index contributed by atoms with van der Waals surface area (Å²) in [4.78, 5) is 11.8. The zero-order valence-electron chi connectivity index (χ0n) is 21.6. The van der Waals surface area contributed by atoms with Crippen molar-refractivity contribution in [2.24, 2.45) is 0 Å². The highest BCUT2D eigenvalue weighted by atomic mass is 32.2. The van der Waals surface area contributed by atoms with Crippen molar-refractivity contribution in [2.45, 2.75) is 41.9 Å². The minimum absolute atomic E-state index is 0.238. The number of unbranched alkanes of at least 4 members (excludes halogenated alkanes) is 4. The summed E-state index contributed by atoms with van der Waals surface area (Å²) in [6.07, 6.45) is 5.96. The number of phenols is 2. The lowest BCUT2D eigenvalue weighted by molar-refractivity contribution is 0.480. The fourth-order valence-corrected chi connectivity index (χ4v) is 7.52. The van der Waals surface area contributed by atoms with Crippen LogP contribution in [0.4, 0.5) is 0 Å². The third-order valence-corrected chi connectivity index (χ3v) is 9.50. The molecule has 0 saturated carbocycles. The maximum Gasteiger partial charge on any atom is 0.141 e. The summed E-state index contributed by atoms with van der Waals surface area (Å²) in [6.45, 7) is 0. The molecule has 196 valence electrons. The van der Waals surface area contributed by atoms with Gasteiger partial charge in [0.1, 0.15) is 22.5 Å². The number of phenolic OH excluding ortho intramolecular Hbond substituents is 2. The number of para-hydroxylation sites is 4. The van der Waals surface area contributed by atoms with E-state index in [2.05, 4.69) is 36.4 Å². The molecule has 0 atom stereocenters. The number of aromatic hydroxyl groups is 2. The molecule has 6 heteroatoms. The Morgan fingerprint density at radius 3 is 1.36 bits per heavy atom. The first-order chi connectivity index (χ1) is 19.2. The number of thioether (sulfide) groups is 2. The Morgan fingerprint density at radius 2 is 0.872 bits per heavy atom. The van der Waals surface area contributed by atoms with Crippen LogP contribution in [0.15, 0.2) is 94.7 Å². The summed E-state index contributed by atoms with van der Waals surface area (Å²) >= 11 is 3.75. The van der Waals surface area contributed by atoms with E-state index in [0.717, 1.165) is 56.9 Å². The van der Waals surface area contributed by atoms with Crippen LogP contribution in [-0.4, -0.2) is 31.7 Å². The van der Waals surface area contributed by atoms with Gasteiger partial charge in [0.2, 0.25) is 0 Å². The number of pyridine rings is 2. The predicted octanol–water partition coefficient (Wildman–Crippen LogP) is 9.34. The van der Waals surface area contributed by atoms with Gasteiger partial charge in [0.05, 0.1) is 11.0 Å². The normalized spacial score (nSPS) is 11.7. The minimum atomic E-state index is 0.238. The quantitative estimate of drug-likeness (QED) is 0.101. The lowest BCUT2D eigenvalue weighted by Crippen LogP contribution is -1.90. The third kappa shape index (κ3) is 5.36. The highest BCUT2D eigenvalue weighted by Crippen LogP contribution is 2.38. The summed E-state index contributed by atoms with van der Waals surface area (Å²) in [5.41, 5.74) is 3.22. The lowest BCUT2D eigenvalue weighted by atomic mass is 10.1. The van der Waals surface area contributed by atoms with Crippen molar-refractivity contribution in [3.05, 3.63) is 84.9 Å². The van der Waals surface area contributed by atoms with Crippen LogP contribution < -0.4 is 0 Å². The van der Waals surface area contributed by atoms with Crippen LogP contribution in [0, 0.1) is 0 Å². The molecule has 0 saturated heterocycles. The second kappa shape index (κ2) is 11.7. The fourth-order valence-electron chi connectivity index (χ4n) is 5.12. The van der Waals surface area contributed by atoms with Crippen molar-refractivity contribution in [1.82, 2.24) is 9.97 Å². The lowest BCUT2D eigenvalue weighted by Gasteiger charge is -2.12. The van der Waals surface area contributed by atoms with Crippen LogP contribution in [0.1, 0.15) is 32.1 Å². The van der Waals surface area contributed by atoms with Crippen LogP contribution >= 0.6 is 23.5 Å². The molecule has 0 fully saturated rings. The molecule has 6 rings (SSSR count). The average Bonchev–Trinajstić information content (AvgIpc) is 2.96. The van der Waals surface area contributed by atoms with Crippen molar-refractivity contribution in [2.75, 3.05) is 11.5 Å². The SMILES string of the molecule is Oc1cccc2c(SCCCCCCCSc3c4ccccc4nc4c(O)cccc34)c3ccccc3nc12. The fraction of sp³-hybridized carbons (Fsp3) is 0.212. The van der Waals surface area contributed by atoms with Crippen LogP contribution in [0.2, 0.25) is 0 Å². The van der Waals surface area contributed by atoms with E-state index in [1.807, 2.05) is 59.9 Å². The summed E-state index contributed by atoms with van der Waals surface area (Å²) in [6, 6.07) is 27.7. The van der Waals surface area contributed by atoms with Gasteiger partial charge in [-0.3, -0.25) is 0 Å². The number of fused-ring (bicyclic) bond motifs is 4. The Morgan fingerprint density at radius 1 is 0.462 bits per heavy atom. The van der Waals surface area contributed by atoms with Gasteiger partial charge >= 0.3 is 0 Å². The Kier molecular flexibility index (Phi) is 7.75. The summed E-state index contributed by atoms with van der Waals surface area (Å²) in [5.74, 6) is 2.57. The monoisotopic (exact) mass is 550 g/mol. The Hall–Kier alpha value is -3.48. The highest BCUT2D eigenvalue weighted by Gasteiger charge is 2.13. The molecule has 2 N–H and O–H groups in total. The molecular weight excluding hydrogens is 521 g/mol. The van der Waals surface area contributed by atoms with Crippen molar-refractivity contribution < 1.29 is 10.2 Å². The zero-order valence-corrected chi connectivity index (χ0v) is 23.3. The molecule has 39 heavy (non-hydrogen) atoms. The first-order valence-corrected chi connectivity index (χ1v) is 15.4. The van der Waals surface area contributed by atoms with E-state index in [-0.39, 0.29) is 11.5 Å². The van der Waals surface area contributed by atoms with E-state index in [1.165, 1.54) is 29.1 Å². The number of benzene rings is 4. The molecule has 0 aliphatic carbocycles. The van der Waals surface area contributed by atoms with E-state index in [9.17, 15) is 10.2 Å². The van der Waals surface area contributed by atoms with E-state index >= 15 is 0 Å². The van der Waals surface area contributed by atoms with E-state index in [0.29, 0.717) is 11.0 Å². The van der Waals surface area contributed by atoms with Gasteiger partial charge in [0.25, 0.3) is 0 Å². The maximum absolute atomic E-state index is 10.4. The van der Waals surface area contributed by atoms with Gasteiger partial charge in [-0.05, 0) is 48.6 Å². The third-order valence-electron chi connectivity index (χ3n) is 7.06. The van der Waals surface area contributed by atoms with Crippen molar-refractivity contribution in [1.29, 1.82) is 0 Å². The van der Waals surface area contributed by atoms with E-state index < -0.39 is 0 Å². The molecule has 0 radical (unpaired) electrons. The van der Waals surface area contributed by atoms with Crippen molar-refractivity contribution in [3.63, 3.8) is 0 Å². The summed E-state index contributed by atoms with van der Waals surface area (Å²) < 4.78 is 0. The van der Waals surface area contributed by atoms with Crippen molar-refractivity contribution >= 4 is 67.1 Å². The first kappa shape index (κ1) is 25.8. The van der Waals surface area contributed by atoms with Crippen LogP contribution in [0.5, 0.6) is 11.5 Å². The number of rotatable bonds is 10. The molecule has 0 aliphatic rings. The molecular formula is C33H30N2O2S2. The predicted molar refractivity (Wildman–Crippen MR) is 166 cm³/mol. The molecule has 6 aromatic rings. The molecule has 0 aliphatic heterocycles. The Labute approximate surface area is 236 Å². The standard InChI is InChI=1S/C33H30N2O2S2/c36-28-18-10-14-24-30(28)34-26-16-6-4-12-22(26)32(24)38-20-8-2-1-3-9-21-39-33-23-13-5-7-17-27(23)35-31-25(33)15-11-19-29(31)37/h4-7,10-19,36-37H,1-3,8-9,20-21H2. The van der Waals surface area contributed by atoms with Gasteiger partial charge in [0, 0.05) is 31.3 Å². The van der Waals surface area contributed by atoms with Crippen LogP contribution in [-0.2, 0) is 0 Å². The highest BCUT2D eigenvalue weighted by molar-refractivity contribution is 8.00. The second-order valence-electron chi connectivity index (χ2n) is 9.73. The molecule has 0 bridgehead atoms. The number of hydrogen-bond donors (Lipinski definition) is 2. The number of hydrogen-bond acceptors (Lipinski definition) is 6. The van der Waals surface area contributed by atoms with Gasteiger partial charge in [-0.2, -0.15) is 0 Å². The average molecular weight is 551 g/mol. The molecule has 0 spiro atoms. The van der Waals surface area contributed by atoms with Crippen LogP contribution in [0.25, 0.3) is 43.6 Å². The molecule has 0 unspecified atom stereocenters. The van der Waals surface area contributed by atoms with Gasteiger partial charge in [0.15, 0.2) is 0 Å². The Balaban J connectivity index is 1.02. The largest absolute Gasteiger partial charge is 0.506 e. The van der Waals surface area contributed by atoms with Gasteiger partial charge in [-0.25, -0.2) is 9.97 Å². The second-order valence-corrected chi connectivity index (χ2v) is 11.9. The van der Waals surface area contributed by atoms with Crippen molar-refractivity contribution in [3.8, 4) is 11.5 Å². The molecule has 0 amide bonds. The minimum Gasteiger partial charge on any atom is -0.506 e.